The van der Waals surface area contributed by atoms with E-state index in [2.05, 4.69) is 57.2 Å². The highest BCUT2D eigenvalue weighted by Crippen LogP contribution is 2.70. The van der Waals surface area contributed by atoms with E-state index in [1.54, 1.807) is 0 Å². The molecule has 4 saturated carbocycles. The van der Waals surface area contributed by atoms with Gasteiger partial charge in [0.25, 0.3) is 0 Å². The van der Waals surface area contributed by atoms with Crippen molar-refractivity contribution >= 4 is 17.9 Å². The van der Waals surface area contributed by atoms with E-state index < -0.39 is 29.2 Å². The largest absolute Gasteiger partial charge is 0.481 e. The molecule has 0 spiro atoms. The number of carboxylic acids is 1. The molecule has 2 aromatic rings. The maximum absolute atomic E-state index is 12.8. The minimum absolute atomic E-state index is 0.00865. The number of rotatable bonds is 8. The number of ether oxygens (including phenoxy) is 2. The number of esters is 2. The number of hydrogen-bond acceptors (Lipinski definition) is 6. The maximum Gasteiger partial charge on any atom is 0.303 e. The van der Waals surface area contributed by atoms with Crippen molar-refractivity contribution in [1.29, 1.82) is 0 Å². The molecule has 2 unspecified atom stereocenters. The highest BCUT2D eigenvalue weighted by atomic mass is 16.6. The Kier molecular flexibility index (Phi) is 9.10. The molecule has 2 aromatic carbocycles. The van der Waals surface area contributed by atoms with E-state index in [4.69, 9.17) is 9.47 Å². The van der Waals surface area contributed by atoms with Crippen molar-refractivity contribution in [2.75, 3.05) is 0 Å². The lowest BCUT2D eigenvalue weighted by molar-refractivity contribution is -0.253. The Morgan fingerprint density at radius 1 is 0.872 bits per heavy atom. The van der Waals surface area contributed by atoms with E-state index in [9.17, 15) is 24.6 Å². The van der Waals surface area contributed by atoms with Crippen LogP contribution >= 0.6 is 0 Å². The number of aliphatic carboxylic acids is 1. The van der Waals surface area contributed by atoms with Crippen molar-refractivity contribution < 1.29 is 34.1 Å². The van der Waals surface area contributed by atoms with Crippen LogP contribution in [0.3, 0.4) is 0 Å². The first-order valence-electron chi connectivity index (χ1n) is 17.7. The molecular weight excluding hydrogens is 592 g/mol. The summed E-state index contributed by atoms with van der Waals surface area (Å²) >= 11 is 0. The van der Waals surface area contributed by atoms with Crippen LogP contribution in [0, 0.1) is 46.3 Å². The van der Waals surface area contributed by atoms with Gasteiger partial charge in [0.2, 0.25) is 0 Å². The van der Waals surface area contributed by atoms with Gasteiger partial charge in [0.05, 0.1) is 5.60 Å². The minimum atomic E-state index is -0.945. The van der Waals surface area contributed by atoms with Crippen LogP contribution in [0.4, 0.5) is 0 Å². The highest BCUT2D eigenvalue weighted by molar-refractivity contribution is 5.68. The lowest BCUT2D eigenvalue weighted by Gasteiger charge is -2.65. The monoisotopic (exact) mass is 644 g/mol. The Labute approximate surface area is 279 Å². The van der Waals surface area contributed by atoms with Crippen molar-refractivity contribution in [1.82, 2.24) is 0 Å². The van der Waals surface area contributed by atoms with E-state index in [0.29, 0.717) is 19.3 Å². The van der Waals surface area contributed by atoms with Gasteiger partial charge in [-0.1, -0.05) is 75.4 Å². The minimum Gasteiger partial charge on any atom is -0.481 e. The van der Waals surface area contributed by atoms with Gasteiger partial charge in [0, 0.05) is 31.6 Å². The first-order chi connectivity index (χ1) is 22.3. The molecule has 4 fully saturated rings. The number of hydrogen-bond donors (Lipinski definition) is 2. The van der Waals surface area contributed by atoms with E-state index in [1.165, 1.54) is 13.8 Å². The molecule has 0 radical (unpaired) electrons. The predicted molar refractivity (Wildman–Crippen MR) is 179 cm³/mol. The van der Waals surface area contributed by atoms with Gasteiger partial charge >= 0.3 is 17.9 Å². The zero-order valence-corrected chi connectivity index (χ0v) is 28.6. The fourth-order valence-electron chi connectivity index (χ4n) is 11.3. The standard InChI is InChI=1S/C40H52O7/c1-24(11-20-34(43)44)32-18-19-33-31-17-16-30-23-40(45,29-14-12-28(13-15-29)27-9-7-6-8-10-27)22-21-38(30,4)35(31)36(46-25(2)41)37(39(32,33)5)47-26(3)42/h6-10,12-15,24,30-33,35-37,45H,11,16-23H2,1-5H3,(H,43,44)/t24-,30-,31+,32-,33+,35-,36?,37?,38+,39-,40+/m1/s1. The van der Waals surface area contributed by atoms with Crippen LogP contribution in [-0.2, 0) is 29.5 Å². The van der Waals surface area contributed by atoms with Crippen LogP contribution in [0.25, 0.3) is 11.1 Å². The predicted octanol–water partition coefficient (Wildman–Crippen LogP) is 7.78. The Balaban J connectivity index is 1.33. The first kappa shape index (κ1) is 33.7. The van der Waals surface area contributed by atoms with Gasteiger partial charge in [-0.15, -0.1) is 0 Å². The average molecular weight is 645 g/mol. The van der Waals surface area contributed by atoms with Crippen LogP contribution in [0.15, 0.2) is 54.6 Å². The molecule has 4 aliphatic rings. The zero-order valence-electron chi connectivity index (χ0n) is 28.6. The summed E-state index contributed by atoms with van der Waals surface area (Å²) < 4.78 is 12.6. The Hall–Kier alpha value is -3.19. The summed E-state index contributed by atoms with van der Waals surface area (Å²) in [6.45, 7) is 9.56. The second-order valence-corrected chi connectivity index (χ2v) is 15.8. The number of carbonyl (C=O) groups excluding carboxylic acids is 2. The molecule has 6 rings (SSSR count). The van der Waals surface area contributed by atoms with Gasteiger partial charge in [0.1, 0.15) is 12.2 Å². The van der Waals surface area contributed by atoms with Gasteiger partial charge in [-0.05, 0) is 103 Å². The fraction of sp³-hybridized carbons (Fsp3) is 0.625. The number of benzene rings is 2. The number of fused-ring (bicyclic) bond motifs is 5. The third kappa shape index (κ3) is 5.91. The lowest BCUT2D eigenvalue weighted by Crippen LogP contribution is -2.67. The van der Waals surface area contributed by atoms with Crippen LogP contribution in [0.5, 0.6) is 0 Å². The molecule has 11 atom stereocenters. The summed E-state index contributed by atoms with van der Waals surface area (Å²) in [7, 11) is 0. The van der Waals surface area contributed by atoms with Crippen LogP contribution < -0.4 is 0 Å². The van der Waals surface area contributed by atoms with Gasteiger partial charge in [0.15, 0.2) is 0 Å². The third-order valence-electron chi connectivity index (χ3n) is 13.5. The summed E-state index contributed by atoms with van der Waals surface area (Å²) in [5, 5.41) is 21.6. The summed E-state index contributed by atoms with van der Waals surface area (Å²) in [5.41, 5.74) is 1.61. The van der Waals surface area contributed by atoms with Crippen LogP contribution in [-0.4, -0.2) is 40.3 Å². The Bertz CT molecular complexity index is 1470. The van der Waals surface area contributed by atoms with E-state index in [-0.39, 0.29) is 59.3 Å². The molecule has 7 nitrogen and oxygen atoms in total. The molecule has 0 saturated heterocycles. The first-order valence-corrected chi connectivity index (χ1v) is 17.7. The van der Waals surface area contributed by atoms with Crippen LogP contribution in [0.2, 0.25) is 0 Å². The molecule has 47 heavy (non-hydrogen) atoms. The summed E-state index contributed by atoms with van der Waals surface area (Å²) in [6.07, 6.45) is 5.36. The molecule has 0 amide bonds. The molecule has 0 aromatic heterocycles. The Morgan fingerprint density at radius 2 is 1.53 bits per heavy atom. The second-order valence-electron chi connectivity index (χ2n) is 15.8. The van der Waals surface area contributed by atoms with E-state index in [0.717, 1.165) is 48.8 Å². The quantitative estimate of drug-likeness (QED) is 0.282. The number of aliphatic hydroxyl groups is 1. The fourth-order valence-corrected chi connectivity index (χ4v) is 11.3. The average Bonchev–Trinajstić information content (AvgIpc) is 3.40. The van der Waals surface area contributed by atoms with Gasteiger partial charge in [-0.25, -0.2) is 0 Å². The molecule has 254 valence electrons. The van der Waals surface area contributed by atoms with Crippen molar-refractivity contribution in [2.24, 2.45) is 46.3 Å². The number of carboxylic acid groups (broad SMARTS) is 1. The number of carbonyl (C=O) groups is 3. The molecule has 7 heteroatoms. The van der Waals surface area contributed by atoms with E-state index in [1.807, 2.05) is 18.2 Å². The molecule has 0 heterocycles. The van der Waals surface area contributed by atoms with Crippen molar-refractivity contribution in [2.45, 2.75) is 110 Å². The second kappa shape index (κ2) is 12.7. The molecule has 0 bridgehead atoms. The third-order valence-corrected chi connectivity index (χ3v) is 13.5. The van der Waals surface area contributed by atoms with Crippen LogP contribution in [0.1, 0.15) is 98.0 Å². The highest BCUT2D eigenvalue weighted by Gasteiger charge is 2.70. The van der Waals surface area contributed by atoms with Crippen molar-refractivity contribution in [3.63, 3.8) is 0 Å². The summed E-state index contributed by atoms with van der Waals surface area (Å²) in [6, 6.07) is 18.6. The molecule has 2 N–H and O–H groups in total. The lowest BCUT2D eigenvalue weighted by atomic mass is 9.42. The summed E-state index contributed by atoms with van der Waals surface area (Å²) in [5.74, 6) is -0.536. The molecular formula is C40H52O7. The normalized spacial score (nSPS) is 38.3. The van der Waals surface area contributed by atoms with E-state index >= 15 is 0 Å². The van der Waals surface area contributed by atoms with Gasteiger partial charge in [-0.2, -0.15) is 0 Å². The smallest absolute Gasteiger partial charge is 0.303 e. The van der Waals surface area contributed by atoms with Crippen molar-refractivity contribution in [3.8, 4) is 11.1 Å². The van der Waals surface area contributed by atoms with Gasteiger partial charge < -0.3 is 19.7 Å². The topological polar surface area (TPSA) is 110 Å². The SMILES string of the molecule is CC(=O)OC1C(OC(C)=O)[C@]2(C)[C@@H]([C@H](C)CCC(=O)O)CC[C@H]2[C@@H]2CC[C@@H]3C[C@](O)(c4ccc(-c5ccccc5)cc4)CC[C@]3(C)[C@@H]12. The molecule has 4 aliphatic carbocycles. The molecule has 0 aliphatic heterocycles. The maximum atomic E-state index is 12.8. The van der Waals surface area contributed by atoms with Crippen molar-refractivity contribution in [3.05, 3.63) is 60.2 Å². The Morgan fingerprint density at radius 3 is 2.17 bits per heavy atom. The summed E-state index contributed by atoms with van der Waals surface area (Å²) in [4.78, 5) is 37.1. The van der Waals surface area contributed by atoms with Gasteiger partial charge in [-0.3, -0.25) is 14.4 Å². The zero-order chi connectivity index (χ0) is 33.7.